The second kappa shape index (κ2) is 13.1. The fraction of sp³-hybridized carbons (Fsp3) is 0.400. The lowest BCUT2D eigenvalue weighted by Gasteiger charge is -2.37. The molecule has 1 saturated heterocycles. The van der Waals surface area contributed by atoms with Crippen molar-refractivity contribution in [1.82, 2.24) is 20.0 Å². The Kier molecular flexibility index (Phi) is 9.35. The second-order valence-corrected chi connectivity index (χ2v) is 9.66. The van der Waals surface area contributed by atoms with Crippen molar-refractivity contribution in [2.24, 2.45) is 0 Å². The number of rotatable bonds is 10. The monoisotopic (exact) mass is 531 g/mol. The molecule has 1 unspecified atom stereocenters. The molecule has 1 aromatic heterocycles. The zero-order valence-electron chi connectivity index (χ0n) is 23.2. The summed E-state index contributed by atoms with van der Waals surface area (Å²) in [4.78, 5) is 32.0. The van der Waals surface area contributed by atoms with E-state index in [2.05, 4.69) is 15.1 Å². The SMILES string of the molecule is CCC(C)N(CC(=O)N1CCN(c2ccc(-c3ccc(OC)c(OC)c3)nn2)CC1)C(=O)Cc1ccccc1. The van der Waals surface area contributed by atoms with Crippen LogP contribution in [0, 0.1) is 0 Å². The van der Waals surface area contributed by atoms with E-state index >= 15 is 0 Å². The van der Waals surface area contributed by atoms with Crippen molar-refractivity contribution in [3.63, 3.8) is 0 Å². The molecule has 206 valence electrons. The molecule has 2 amide bonds. The van der Waals surface area contributed by atoms with Gasteiger partial charge >= 0.3 is 0 Å². The molecule has 0 spiro atoms. The van der Waals surface area contributed by atoms with Gasteiger partial charge < -0.3 is 24.2 Å². The molecule has 2 heterocycles. The van der Waals surface area contributed by atoms with Gasteiger partial charge in [0.05, 0.1) is 26.3 Å². The molecule has 0 bridgehead atoms. The zero-order chi connectivity index (χ0) is 27.8. The molecule has 0 aliphatic carbocycles. The molecule has 0 N–H and O–H groups in total. The van der Waals surface area contributed by atoms with Gasteiger partial charge in [-0.3, -0.25) is 9.59 Å². The lowest BCUT2D eigenvalue weighted by Crippen LogP contribution is -2.53. The topological polar surface area (TPSA) is 88.1 Å². The first kappa shape index (κ1) is 27.9. The molecule has 39 heavy (non-hydrogen) atoms. The maximum atomic E-state index is 13.2. The molecular formula is C30H37N5O4. The first-order valence-electron chi connectivity index (χ1n) is 13.4. The third-order valence-electron chi connectivity index (χ3n) is 7.23. The number of ether oxygens (including phenoxy) is 2. The van der Waals surface area contributed by atoms with Crippen LogP contribution in [-0.4, -0.2) is 84.8 Å². The van der Waals surface area contributed by atoms with Gasteiger partial charge in [0.1, 0.15) is 6.54 Å². The predicted octanol–water partition coefficient (Wildman–Crippen LogP) is 3.68. The summed E-state index contributed by atoms with van der Waals surface area (Å²) in [5.41, 5.74) is 2.57. The predicted molar refractivity (Wildman–Crippen MR) is 151 cm³/mol. The van der Waals surface area contributed by atoms with Crippen molar-refractivity contribution in [1.29, 1.82) is 0 Å². The molecular weight excluding hydrogens is 494 g/mol. The Labute approximate surface area is 230 Å². The number of carbonyl (C=O) groups is 2. The van der Waals surface area contributed by atoms with Crippen LogP contribution in [0.5, 0.6) is 11.5 Å². The van der Waals surface area contributed by atoms with Crippen LogP contribution < -0.4 is 14.4 Å². The van der Waals surface area contributed by atoms with E-state index < -0.39 is 0 Å². The van der Waals surface area contributed by atoms with Crippen molar-refractivity contribution >= 4 is 17.6 Å². The van der Waals surface area contributed by atoms with Crippen molar-refractivity contribution < 1.29 is 19.1 Å². The zero-order valence-corrected chi connectivity index (χ0v) is 23.2. The average Bonchev–Trinajstić information content (AvgIpc) is 2.99. The molecule has 1 atom stereocenters. The number of aromatic nitrogens is 2. The van der Waals surface area contributed by atoms with Gasteiger partial charge in [-0.1, -0.05) is 37.3 Å². The molecule has 1 aliphatic heterocycles. The Hall–Kier alpha value is -4.14. The van der Waals surface area contributed by atoms with Gasteiger partial charge in [-0.25, -0.2) is 0 Å². The quantitative estimate of drug-likeness (QED) is 0.394. The van der Waals surface area contributed by atoms with Crippen LogP contribution in [0.25, 0.3) is 11.3 Å². The van der Waals surface area contributed by atoms with Gasteiger partial charge in [0.2, 0.25) is 11.8 Å². The lowest BCUT2D eigenvalue weighted by molar-refractivity contribution is -0.142. The molecule has 4 rings (SSSR count). The first-order valence-corrected chi connectivity index (χ1v) is 13.4. The van der Waals surface area contributed by atoms with Crippen molar-refractivity contribution in [2.75, 3.05) is 51.8 Å². The summed E-state index contributed by atoms with van der Waals surface area (Å²) < 4.78 is 10.7. The number of nitrogens with zero attached hydrogens (tertiary/aromatic N) is 5. The Bertz CT molecular complexity index is 1240. The summed E-state index contributed by atoms with van der Waals surface area (Å²) in [6.45, 7) is 6.57. The van der Waals surface area contributed by atoms with Gasteiger partial charge in [-0.05, 0) is 49.2 Å². The van der Waals surface area contributed by atoms with Crippen molar-refractivity contribution in [3.8, 4) is 22.8 Å². The number of piperazine rings is 1. The van der Waals surface area contributed by atoms with E-state index in [4.69, 9.17) is 9.47 Å². The number of carbonyl (C=O) groups excluding carboxylic acids is 2. The van der Waals surface area contributed by atoms with Crippen molar-refractivity contribution in [3.05, 3.63) is 66.2 Å². The maximum absolute atomic E-state index is 13.2. The van der Waals surface area contributed by atoms with Crippen LogP contribution in [0.1, 0.15) is 25.8 Å². The van der Waals surface area contributed by atoms with E-state index in [1.54, 1.807) is 19.1 Å². The minimum absolute atomic E-state index is 0.00842. The molecule has 1 aliphatic rings. The highest BCUT2D eigenvalue weighted by atomic mass is 16.5. The largest absolute Gasteiger partial charge is 0.493 e. The van der Waals surface area contributed by atoms with Crippen LogP contribution in [0.3, 0.4) is 0 Å². The highest BCUT2D eigenvalue weighted by Gasteiger charge is 2.27. The third kappa shape index (κ3) is 6.85. The van der Waals surface area contributed by atoms with Crippen LogP contribution in [0.4, 0.5) is 5.82 Å². The van der Waals surface area contributed by atoms with Crippen LogP contribution >= 0.6 is 0 Å². The fourth-order valence-electron chi connectivity index (χ4n) is 4.66. The van der Waals surface area contributed by atoms with Gasteiger partial charge in [0, 0.05) is 37.8 Å². The number of amides is 2. The summed E-state index contributed by atoms with van der Waals surface area (Å²) in [6, 6.07) is 19.2. The number of hydrogen-bond donors (Lipinski definition) is 0. The Morgan fingerprint density at radius 1 is 0.923 bits per heavy atom. The molecule has 0 saturated carbocycles. The minimum atomic E-state index is -0.0220. The third-order valence-corrected chi connectivity index (χ3v) is 7.23. The highest BCUT2D eigenvalue weighted by molar-refractivity contribution is 5.86. The molecule has 3 aromatic rings. The normalized spacial score (nSPS) is 14.1. The van der Waals surface area contributed by atoms with Gasteiger partial charge in [-0.15, -0.1) is 10.2 Å². The summed E-state index contributed by atoms with van der Waals surface area (Å²) in [5, 5.41) is 8.86. The van der Waals surface area contributed by atoms with Gasteiger partial charge in [0.15, 0.2) is 17.3 Å². The smallest absolute Gasteiger partial charge is 0.242 e. The minimum Gasteiger partial charge on any atom is -0.493 e. The molecule has 9 heteroatoms. The fourth-order valence-corrected chi connectivity index (χ4v) is 4.66. The number of benzene rings is 2. The van der Waals surface area contributed by atoms with E-state index in [1.807, 2.05) is 79.4 Å². The lowest BCUT2D eigenvalue weighted by atomic mass is 10.1. The maximum Gasteiger partial charge on any atom is 0.242 e. The van der Waals surface area contributed by atoms with E-state index in [0.717, 1.165) is 29.1 Å². The standard InChI is InChI=1S/C30H37N5O4/c1-5-22(2)35(29(36)19-23-9-7-6-8-10-23)21-30(37)34-17-15-33(16-18-34)28-14-12-25(31-32-28)24-11-13-26(38-3)27(20-24)39-4/h6-14,20,22H,5,15-19,21H2,1-4H3. The summed E-state index contributed by atoms with van der Waals surface area (Å²) in [7, 11) is 3.21. The van der Waals surface area contributed by atoms with E-state index in [0.29, 0.717) is 44.1 Å². The van der Waals surface area contributed by atoms with Gasteiger partial charge in [0.25, 0.3) is 0 Å². The number of anilines is 1. The van der Waals surface area contributed by atoms with Gasteiger partial charge in [-0.2, -0.15) is 0 Å². The van der Waals surface area contributed by atoms with E-state index in [1.165, 1.54) is 0 Å². The molecule has 0 radical (unpaired) electrons. The summed E-state index contributed by atoms with van der Waals surface area (Å²) >= 11 is 0. The number of methoxy groups -OCH3 is 2. The molecule has 1 fully saturated rings. The summed E-state index contributed by atoms with van der Waals surface area (Å²) in [5.74, 6) is 2.02. The highest BCUT2D eigenvalue weighted by Crippen LogP contribution is 2.31. The Morgan fingerprint density at radius 2 is 1.64 bits per heavy atom. The molecule has 2 aromatic carbocycles. The Morgan fingerprint density at radius 3 is 2.26 bits per heavy atom. The average molecular weight is 532 g/mol. The van der Waals surface area contributed by atoms with Crippen LogP contribution in [-0.2, 0) is 16.0 Å². The van der Waals surface area contributed by atoms with Crippen molar-refractivity contribution in [2.45, 2.75) is 32.7 Å². The van der Waals surface area contributed by atoms with Crippen LogP contribution in [0.2, 0.25) is 0 Å². The van der Waals surface area contributed by atoms with E-state index in [-0.39, 0.29) is 24.4 Å². The van der Waals surface area contributed by atoms with Crippen LogP contribution in [0.15, 0.2) is 60.7 Å². The number of hydrogen-bond acceptors (Lipinski definition) is 7. The first-order chi connectivity index (χ1) is 18.9. The second-order valence-electron chi connectivity index (χ2n) is 9.66. The Balaban J connectivity index is 1.34. The molecule has 9 nitrogen and oxygen atoms in total. The summed E-state index contributed by atoms with van der Waals surface area (Å²) in [6.07, 6.45) is 1.09. The van der Waals surface area contributed by atoms with E-state index in [9.17, 15) is 9.59 Å².